The smallest absolute Gasteiger partial charge is 0.166 e. The second-order valence-electron chi connectivity index (χ2n) is 8.77. The van der Waals surface area contributed by atoms with Crippen LogP contribution in [0, 0.1) is 12.8 Å². The van der Waals surface area contributed by atoms with Crippen molar-refractivity contribution in [2.45, 2.75) is 24.7 Å². The van der Waals surface area contributed by atoms with Crippen LogP contribution in [0.4, 0.5) is 0 Å². The van der Waals surface area contributed by atoms with Gasteiger partial charge < -0.3 is 0 Å². The number of aryl methyl sites for hydroxylation is 1. The first-order chi connectivity index (χ1) is 15.6. The molecule has 1 saturated carbocycles. The van der Waals surface area contributed by atoms with Gasteiger partial charge in [-0.2, -0.15) is 0 Å². The van der Waals surface area contributed by atoms with Gasteiger partial charge in [-0.05, 0) is 54.3 Å². The normalized spacial score (nSPS) is 19.2. The maximum Gasteiger partial charge on any atom is 0.166 e. The number of carbonyl (C=O) groups excluding carboxylic acids is 1. The fraction of sp³-hybridized carbons (Fsp3) is 0.167. The van der Waals surface area contributed by atoms with Gasteiger partial charge in [-0.15, -0.1) is 0 Å². The minimum Gasteiger partial charge on any atom is -0.294 e. The Balaban J connectivity index is 1.67. The van der Waals surface area contributed by atoms with Gasteiger partial charge in [0.15, 0.2) is 5.78 Å². The van der Waals surface area contributed by atoms with E-state index in [0.29, 0.717) is 5.02 Å². The van der Waals surface area contributed by atoms with Crippen LogP contribution in [0.15, 0.2) is 109 Å². The molecule has 2 heteroatoms. The number of Topliss-reactive ketones (excluding diaryl/α,β-unsaturated/α-hetero) is 1. The third-order valence-electron chi connectivity index (χ3n) is 6.95. The number of halogens is 1. The van der Waals surface area contributed by atoms with Gasteiger partial charge in [-0.25, -0.2) is 0 Å². The van der Waals surface area contributed by atoms with Crippen molar-refractivity contribution in [3.63, 3.8) is 0 Å². The van der Waals surface area contributed by atoms with E-state index in [0.717, 1.165) is 12.0 Å². The van der Waals surface area contributed by atoms with Gasteiger partial charge in [-0.1, -0.05) is 102 Å². The average molecular weight is 437 g/mol. The zero-order valence-corrected chi connectivity index (χ0v) is 18.8. The Labute approximate surface area is 194 Å². The molecule has 0 spiro atoms. The summed E-state index contributed by atoms with van der Waals surface area (Å²) >= 11 is 6.08. The fourth-order valence-corrected chi connectivity index (χ4v) is 5.50. The van der Waals surface area contributed by atoms with Gasteiger partial charge >= 0.3 is 0 Å². The molecule has 5 rings (SSSR count). The van der Waals surface area contributed by atoms with E-state index in [1.165, 1.54) is 22.3 Å². The molecule has 32 heavy (non-hydrogen) atoms. The molecule has 0 heterocycles. The third kappa shape index (κ3) is 3.47. The van der Waals surface area contributed by atoms with Crippen molar-refractivity contribution in [1.82, 2.24) is 0 Å². The van der Waals surface area contributed by atoms with Gasteiger partial charge in [0, 0.05) is 27.8 Å². The topological polar surface area (TPSA) is 17.1 Å². The molecule has 1 nitrogen and oxygen atoms in total. The van der Waals surface area contributed by atoms with Crippen molar-refractivity contribution in [1.29, 1.82) is 0 Å². The first-order valence-corrected chi connectivity index (χ1v) is 11.4. The highest BCUT2D eigenvalue weighted by molar-refractivity contribution is 6.30. The molecular formula is C30H25ClO. The molecular weight excluding hydrogens is 412 g/mol. The van der Waals surface area contributed by atoms with Gasteiger partial charge in [0.25, 0.3) is 0 Å². The largest absolute Gasteiger partial charge is 0.294 e. The van der Waals surface area contributed by atoms with E-state index in [-0.39, 0.29) is 23.0 Å². The lowest BCUT2D eigenvalue weighted by Crippen LogP contribution is -2.53. The predicted molar refractivity (Wildman–Crippen MR) is 131 cm³/mol. The average Bonchev–Trinajstić information content (AvgIpc) is 2.82. The zero-order chi connectivity index (χ0) is 22.1. The second-order valence-corrected chi connectivity index (χ2v) is 9.21. The summed E-state index contributed by atoms with van der Waals surface area (Å²) in [6, 6.07) is 37.3. The molecule has 158 valence electrons. The van der Waals surface area contributed by atoms with Crippen molar-refractivity contribution < 1.29 is 4.79 Å². The number of benzene rings is 4. The summed E-state index contributed by atoms with van der Waals surface area (Å²) in [5.74, 6) is 0.144. The molecule has 4 aromatic carbocycles. The minimum absolute atomic E-state index is 0.0519. The van der Waals surface area contributed by atoms with Crippen LogP contribution in [0.3, 0.4) is 0 Å². The molecule has 1 aliphatic carbocycles. The molecule has 0 bridgehead atoms. The summed E-state index contributed by atoms with van der Waals surface area (Å²) in [5.41, 5.74) is 5.44. The Kier molecular flexibility index (Phi) is 5.45. The standard InChI is InChI=1S/C30H25ClO/c1-21-12-14-22(15-13-21)28-27(29(32)23-16-18-26(31)19-17-23)20-30(28,24-8-4-2-5-9-24)25-10-6-3-7-11-25/h2-19,27-28H,20H2,1H3/t27?,28-/m0/s1. The van der Waals surface area contributed by atoms with Crippen LogP contribution in [0.2, 0.25) is 5.02 Å². The quantitative estimate of drug-likeness (QED) is 0.294. The van der Waals surface area contributed by atoms with Gasteiger partial charge in [0.2, 0.25) is 0 Å². The third-order valence-corrected chi connectivity index (χ3v) is 7.21. The molecule has 2 atom stereocenters. The summed E-state index contributed by atoms with van der Waals surface area (Å²) in [6.45, 7) is 2.10. The number of carbonyl (C=O) groups is 1. The van der Waals surface area contributed by atoms with E-state index in [4.69, 9.17) is 11.6 Å². The Hall–Kier alpha value is -3.16. The lowest BCUT2D eigenvalue weighted by atomic mass is 9.45. The molecule has 0 saturated heterocycles. The lowest BCUT2D eigenvalue weighted by molar-refractivity contribution is 0.0671. The van der Waals surface area contributed by atoms with E-state index < -0.39 is 0 Å². The highest BCUT2D eigenvalue weighted by atomic mass is 35.5. The maximum absolute atomic E-state index is 13.7. The van der Waals surface area contributed by atoms with Crippen LogP contribution in [0.5, 0.6) is 0 Å². The van der Waals surface area contributed by atoms with Gasteiger partial charge in [-0.3, -0.25) is 4.79 Å². The number of rotatable bonds is 5. The summed E-state index contributed by atoms with van der Waals surface area (Å²) in [5, 5.41) is 0.646. The molecule has 0 aromatic heterocycles. The Bertz CT molecular complexity index is 1170. The SMILES string of the molecule is Cc1ccc([C@H]2C(C(=O)c3ccc(Cl)cc3)CC2(c2ccccc2)c2ccccc2)cc1. The number of hydrogen-bond acceptors (Lipinski definition) is 1. The van der Waals surface area contributed by atoms with E-state index in [2.05, 4.69) is 91.9 Å². The summed E-state index contributed by atoms with van der Waals surface area (Å²) in [4.78, 5) is 13.7. The van der Waals surface area contributed by atoms with Gasteiger partial charge in [0.1, 0.15) is 0 Å². The summed E-state index contributed by atoms with van der Waals surface area (Å²) in [6.07, 6.45) is 0.779. The minimum atomic E-state index is -0.246. The van der Waals surface area contributed by atoms with Crippen molar-refractivity contribution in [3.05, 3.63) is 142 Å². The highest BCUT2D eigenvalue weighted by Gasteiger charge is 2.58. The van der Waals surface area contributed by atoms with Crippen LogP contribution in [0.25, 0.3) is 0 Å². The molecule has 1 aliphatic rings. The van der Waals surface area contributed by atoms with Crippen LogP contribution in [-0.4, -0.2) is 5.78 Å². The maximum atomic E-state index is 13.7. The van der Waals surface area contributed by atoms with E-state index in [9.17, 15) is 4.79 Å². The first kappa shape index (κ1) is 20.7. The van der Waals surface area contributed by atoms with Crippen LogP contribution in [0.1, 0.15) is 45.0 Å². The monoisotopic (exact) mass is 436 g/mol. The summed E-state index contributed by atoms with van der Waals surface area (Å²) < 4.78 is 0. The van der Waals surface area contributed by atoms with Crippen molar-refractivity contribution in [2.24, 2.45) is 5.92 Å². The van der Waals surface area contributed by atoms with E-state index in [1.807, 2.05) is 12.1 Å². The van der Waals surface area contributed by atoms with E-state index >= 15 is 0 Å². The Morgan fingerprint density at radius 1 is 0.750 bits per heavy atom. The van der Waals surface area contributed by atoms with E-state index in [1.54, 1.807) is 12.1 Å². The van der Waals surface area contributed by atoms with Crippen LogP contribution in [-0.2, 0) is 5.41 Å². The molecule has 1 unspecified atom stereocenters. The molecule has 0 amide bonds. The Morgan fingerprint density at radius 3 is 1.81 bits per heavy atom. The van der Waals surface area contributed by atoms with Crippen molar-refractivity contribution in [2.75, 3.05) is 0 Å². The zero-order valence-electron chi connectivity index (χ0n) is 18.0. The summed E-state index contributed by atoms with van der Waals surface area (Å²) in [7, 11) is 0. The molecule has 1 fully saturated rings. The highest BCUT2D eigenvalue weighted by Crippen LogP contribution is 2.62. The molecule has 4 aromatic rings. The van der Waals surface area contributed by atoms with Crippen molar-refractivity contribution >= 4 is 17.4 Å². The van der Waals surface area contributed by atoms with Crippen molar-refractivity contribution in [3.8, 4) is 0 Å². The first-order valence-electron chi connectivity index (χ1n) is 11.1. The molecule has 0 N–H and O–H groups in total. The number of hydrogen-bond donors (Lipinski definition) is 0. The molecule has 0 aliphatic heterocycles. The Morgan fingerprint density at radius 2 is 1.28 bits per heavy atom. The van der Waals surface area contributed by atoms with Crippen LogP contribution >= 0.6 is 11.6 Å². The number of ketones is 1. The van der Waals surface area contributed by atoms with Crippen LogP contribution < -0.4 is 0 Å². The second kappa shape index (κ2) is 8.41. The molecule has 0 radical (unpaired) electrons. The fourth-order valence-electron chi connectivity index (χ4n) is 5.37. The predicted octanol–water partition coefficient (Wildman–Crippen LogP) is 7.62. The van der Waals surface area contributed by atoms with Gasteiger partial charge in [0.05, 0.1) is 0 Å². The lowest BCUT2D eigenvalue weighted by Gasteiger charge is -2.56.